The molecule has 0 unspecified atom stereocenters. The van der Waals surface area contributed by atoms with Gasteiger partial charge >= 0.3 is 0 Å². The summed E-state index contributed by atoms with van der Waals surface area (Å²) in [6.45, 7) is 0. The van der Waals surface area contributed by atoms with Gasteiger partial charge in [0.05, 0.1) is 21.8 Å². The third kappa shape index (κ3) is 3.61. The molecule has 1 heterocycles. The Bertz CT molecular complexity index is 891. The lowest BCUT2D eigenvalue weighted by molar-refractivity contribution is -0.384. The number of non-ortho nitro benzene ring substituents is 1. The number of hydrazone groups is 1. The molecular weight excluding hydrogens is 330 g/mol. The Hall–Kier alpha value is -3.12. The van der Waals surface area contributed by atoms with Gasteiger partial charge in [0.25, 0.3) is 5.69 Å². The molecule has 3 rings (SSSR count). The Labute approximate surface area is 142 Å². The molecule has 6 nitrogen and oxygen atoms in total. The molecule has 0 atom stereocenters. The maximum atomic E-state index is 10.7. The Balaban J connectivity index is 1.75. The highest BCUT2D eigenvalue weighted by molar-refractivity contribution is 6.33. The average molecular weight is 342 g/mol. The lowest BCUT2D eigenvalue weighted by Crippen LogP contribution is -1.89. The van der Waals surface area contributed by atoms with Crippen molar-refractivity contribution >= 4 is 29.2 Å². The summed E-state index contributed by atoms with van der Waals surface area (Å²) in [5, 5.41) is 15.1. The molecule has 0 aliphatic heterocycles. The highest BCUT2D eigenvalue weighted by atomic mass is 35.5. The van der Waals surface area contributed by atoms with Gasteiger partial charge in [-0.2, -0.15) is 5.10 Å². The Morgan fingerprint density at radius 2 is 1.92 bits per heavy atom. The second kappa shape index (κ2) is 6.97. The molecule has 0 radical (unpaired) electrons. The third-order valence-electron chi connectivity index (χ3n) is 3.21. The lowest BCUT2D eigenvalue weighted by Gasteiger charge is -2.00. The molecule has 0 aliphatic rings. The SMILES string of the molecule is O=[N+]([O-])c1ccc(-c2ccc(C=NNc3ccccc3)o2)c(Cl)c1. The van der Waals surface area contributed by atoms with Gasteiger partial charge in [0.15, 0.2) is 0 Å². The first-order chi connectivity index (χ1) is 11.6. The fourth-order valence-corrected chi connectivity index (χ4v) is 2.34. The van der Waals surface area contributed by atoms with E-state index in [2.05, 4.69) is 10.5 Å². The number of halogens is 1. The van der Waals surface area contributed by atoms with Gasteiger partial charge in [-0.3, -0.25) is 15.5 Å². The minimum absolute atomic E-state index is 0.0656. The molecule has 120 valence electrons. The fourth-order valence-electron chi connectivity index (χ4n) is 2.07. The van der Waals surface area contributed by atoms with E-state index in [1.807, 2.05) is 30.3 Å². The zero-order valence-corrected chi connectivity index (χ0v) is 13.1. The third-order valence-corrected chi connectivity index (χ3v) is 3.53. The number of anilines is 1. The van der Waals surface area contributed by atoms with E-state index in [9.17, 15) is 10.1 Å². The number of nitrogens with zero attached hydrogens (tertiary/aromatic N) is 2. The summed E-state index contributed by atoms with van der Waals surface area (Å²) in [6, 6.07) is 17.2. The zero-order chi connectivity index (χ0) is 16.9. The number of hydrogen-bond acceptors (Lipinski definition) is 5. The number of hydrogen-bond donors (Lipinski definition) is 1. The molecule has 0 amide bonds. The molecule has 0 fully saturated rings. The van der Waals surface area contributed by atoms with Crippen LogP contribution in [0, 0.1) is 10.1 Å². The van der Waals surface area contributed by atoms with Crippen LogP contribution in [-0.4, -0.2) is 11.1 Å². The number of nitro benzene ring substituents is 1. The number of furan rings is 1. The van der Waals surface area contributed by atoms with Gasteiger partial charge in [0.2, 0.25) is 0 Å². The van der Waals surface area contributed by atoms with Crippen molar-refractivity contribution in [3.8, 4) is 11.3 Å². The van der Waals surface area contributed by atoms with E-state index in [1.165, 1.54) is 18.3 Å². The minimum atomic E-state index is -0.495. The van der Waals surface area contributed by atoms with Crippen LogP contribution >= 0.6 is 11.6 Å². The first kappa shape index (κ1) is 15.8. The normalized spacial score (nSPS) is 10.9. The highest BCUT2D eigenvalue weighted by Gasteiger charge is 2.13. The molecule has 1 aromatic heterocycles. The molecule has 0 saturated carbocycles. The van der Waals surface area contributed by atoms with Gasteiger partial charge in [-0.25, -0.2) is 0 Å². The van der Waals surface area contributed by atoms with Crippen LogP contribution < -0.4 is 5.43 Å². The van der Waals surface area contributed by atoms with E-state index in [-0.39, 0.29) is 10.7 Å². The first-order valence-electron chi connectivity index (χ1n) is 7.02. The van der Waals surface area contributed by atoms with Gasteiger partial charge in [-0.05, 0) is 30.3 Å². The maximum Gasteiger partial charge on any atom is 0.270 e. The molecule has 3 aromatic rings. The maximum absolute atomic E-state index is 10.7. The van der Waals surface area contributed by atoms with Crippen LogP contribution in [0.2, 0.25) is 5.02 Å². The second-order valence-corrected chi connectivity index (χ2v) is 5.27. The molecule has 0 spiro atoms. The summed E-state index contributed by atoms with van der Waals surface area (Å²) in [4.78, 5) is 10.2. The number of para-hydroxylation sites is 1. The summed E-state index contributed by atoms with van der Waals surface area (Å²) >= 11 is 6.09. The van der Waals surface area contributed by atoms with Crippen LogP contribution in [0.1, 0.15) is 5.76 Å². The smallest absolute Gasteiger partial charge is 0.270 e. The summed E-state index contributed by atoms with van der Waals surface area (Å²) < 4.78 is 5.65. The molecule has 7 heteroatoms. The number of rotatable bonds is 5. The van der Waals surface area contributed by atoms with Gasteiger partial charge in [-0.1, -0.05) is 29.8 Å². The predicted octanol–water partition coefficient (Wildman–Crippen LogP) is 4.95. The van der Waals surface area contributed by atoms with E-state index < -0.39 is 4.92 Å². The predicted molar refractivity (Wildman–Crippen MR) is 93.5 cm³/mol. The van der Waals surface area contributed by atoms with E-state index >= 15 is 0 Å². The monoisotopic (exact) mass is 341 g/mol. The molecule has 0 bridgehead atoms. The quantitative estimate of drug-likeness (QED) is 0.404. The summed E-state index contributed by atoms with van der Waals surface area (Å²) in [5.41, 5.74) is 4.26. The summed E-state index contributed by atoms with van der Waals surface area (Å²) in [5.74, 6) is 1.04. The van der Waals surface area contributed by atoms with E-state index in [0.717, 1.165) is 5.69 Å². The van der Waals surface area contributed by atoms with E-state index in [4.69, 9.17) is 16.0 Å². The number of benzene rings is 2. The minimum Gasteiger partial charge on any atom is -0.455 e. The van der Waals surface area contributed by atoms with Gasteiger partial charge in [-0.15, -0.1) is 0 Å². The van der Waals surface area contributed by atoms with Crippen molar-refractivity contribution in [3.63, 3.8) is 0 Å². The van der Waals surface area contributed by atoms with Crippen molar-refractivity contribution in [1.82, 2.24) is 0 Å². The topological polar surface area (TPSA) is 80.7 Å². The van der Waals surface area contributed by atoms with Crippen LogP contribution in [-0.2, 0) is 0 Å². The molecule has 0 saturated heterocycles. The van der Waals surface area contributed by atoms with Crippen molar-refractivity contribution in [2.45, 2.75) is 0 Å². The second-order valence-electron chi connectivity index (χ2n) is 4.86. The Morgan fingerprint density at radius 3 is 2.62 bits per heavy atom. The van der Waals surface area contributed by atoms with Crippen LogP contribution in [0.15, 0.2) is 70.2 Å². The number of nitro groups is 1. The Kier molecular flexibility index (Phi) is 4.58. The van der Waals surface area contributed by atoms with Gasteiger partial charge < -0.3 is 4.42 Å². The molecule has 0 aliphatic carbocycles. The van der Waals surface area contributed by atoms with Crippen molar-refractivity contribution < 1.29 is 9.34 Å². The summed E-state index contributed by atoms with van der Waals surface area (Å²) in [6.07, 6.45) is 1.54. The fraction of sp³-hybridized carbons (Fsp3) is 0. The van der Waals surface area contributed by atoms with Gasteiger partial charge in [0.1, 0.15) is 11.5 Å². The molecule has 24 heavy (non-hydrogen) atoms. The first-order valence-corrected chi connectivity index (χ1v) is 7.39. The highest BCUT2D eigenvalue weighted by Crippen LogP contribution is 2.32. The average Bonchev–Trinajstić information content (AvgIpc) is 3.04. The van der Waals surface area contributed by atoms with Crippen LogP contribution in [0.4, 0.5) is 11.4 Å². The molecule has 2 aromatic carbocycles. The van der Waals surface area contributed by atoms with Crippen molar-refractivity contribution in [3.05, 3.63) is 81.6 Å². The van der Waals surface area contributed by atoms with E-state index in [1.54, 1.807) is 18.2 Å². The Morgan fingerprint density at radius 1 is 1.12 bits per heavy atom. The van der Waals surface area contributed by atoms with Gasteiger partial charge in [0, 0.05) is 17.7 Å². The largest absolute Gasteiger partial charge is 0.455 e. The van der Waals surface area contributed by atoms with Crippen LogP contribution in [0.5, 0.6) is 0 Å². The zero-order valence-electron chi connectivity index (χ0n) is 12.3. The van der Waals surface area contributed by atoms with Crippen molar-refractivity contribution in [2.24, 2.45) is 5.10 Å². The van der Waals surface area contributed by atoms with Crippen LogP contribution in [0.3, 0.4) is 0 Å². The summed E-state index contributed by atoms with van der Waals surface area (Å²) in [7, 11) is 0. The van der Waals surface area contributed by atoms with Crippen LogP contribution in [0.25, 0.3) is 11.3 Å². The standard InChI is InChI=1S/C17H12ClN3O3/c18-16-10-13(21(22)23)6-8-15(16)17-9-7-14(24-17)11-19-20-12-4-2-1-3-5-12/h1-11,20H. The van der Waals surface area contributed by atoms with Crippen molar-refractivity contribution in [1.29, 1.82) is 0 Å². The molecule has 1 N–H and O–H groups in total. The number of nitrogens with one attached hydrogen (secondary N) is 1. The molecular formula is C17H12ClN3O3. The van der Waals surface area contributed by atoms with E-state index in [0.29, 0.717) is 17.1 Å². The van der Waals surface area contributed by atoms with Crippen molar-refractivity contribution in [2.75, 3.05) is 5.43 Å². The lowest BCUT2D eigenvalue weighted by atomic mass is 10.1.